The minimum atomic E-state index is 0.530. The number of hydrogen-bond donors (Lipinski definition) is 2. The van der Waals surface area contributed by atoms with Gasteiger partial charge in [-0.3, -0.25) is 0 Å². The van der Waals surface area contributed by atoms with E-state index in [2.05, 4.69) is 27.2 Å². The zero-order valence-corrected chi connectivity index (χ0v) is 10.8. The molecule has 5 nitrogen and oxygen atoms in total. The fourth-order valence-corrected chi connectivity index (χ4v) is 1.52. The largest absolute Gasteiger partial charge is 0.497 e. The van der Waals surface area contributed by atoms with Gasteiger partial charge in [0.25, 0.3) is 0 Å². The zero-order valence-electron chi connectivity index (χ0n) is 10.8. The van der Waals surface area contributed by atoms with Crippen LogP contribution in [0.25, 0.3) is 0 Å². The first-order chi connectivity index (χ1) is 9.31. The molecule has 0 radical (unpaired) electrons. The minimum Gasteiger partial charge on any atom is -0.497 e. The monoisotopic (exact) mass is 256 g/mol. The third-order valence-electron chi connectivity index (χ3n) is 2.41. The van der Waals surface area contributed by atoms with Crippen LogP contribution in [0.2, 0.25) is 0 Å². The van der Waals surface area contributed by atoms with Gasteiger partial charge < -0.3 is 15.4 Å². The van der Waals surface area contributed by atoms with Crippen molar-refractivity contribution < 1.29 is 4.74 Å². The third kappa shape index (κ3) is 3.70. The molecule has 19 heavy (non-hydrogen) atoms. The van der Waals surface area contributed by atoms with Gasteiger partial charge >= 0.3 is 0 Å². The fourth-order valence-electron chi connectivity index (χ4n) is 1.52. The van der Waals surface area contributed by atoms with Crippen LogP contribution < -0.4 is 15.4 Å². The molecule has 98 valence electrons. The van der Waals surface area contributed by atoms with Gasteiger partial charge in [0.1, 0.15) is 11.6 Å². The van der Waals surface area contributed by atoms with E-state index in [0.717, 1.165) is 17.3 Å². The minimum absolute atomic E-state index is 0.530. The number of ether oxygens (including phenoxy) is 1. The number of benzene rings is 1. The Morgan fingerprint density at radius 3 is 3.05 bits per heavy atom. The quantitative estimate of drug-likeness (QED) is 0.778. The Hall–Kier alpha value is -2.56. The summed E-state index contributed by atoms with van der Waals surface area (Å²) in [4.78, 5) is 8.51. The highest BCUT2D eigenvalue weighted by molar-refractivity contribution is 5.56. The smallest absolute Gasteiger partial charge is 0.229 e. The van der Waals surface area contributed by atoms with Crippen molar-refractivity contribution >= 4 is 17.5 Å². The first-order valence-corrected chi connectivity index (χ1v) is 5.90. The highest BCUT2D eigenvalue weighted by Gasteiger charge is 2.00. The van der Waals surface area contributed by atoms with E-state index < -0.39 is 0 Å². The Kier molecular flexibility index (Phi) is 4.34. The second kappa shape index (κ2) is 6.39. The number of nitrogens with one attached hydrogen (secondary N) is 2. The van der Waals surface area contributed by atoms with Crippen molar-refractivity contribution in [2.45, 2.75) is 0 Å². The van der Waals surface area contributed by atoms with E-state index in [1.54, 1.807) is 25.4 Å². The summed E-state index contributed by atoms with van der Waals surface area (Å²) in [5.74, 6) is 2.06. The molecule has 0 saturated heterocycles. The van der Waals surface area contributed by atoms with E-state index in [-0.39, 0.29) is 0 Å². The predicted octanol–water partition coefficient (Wildman–Crippen LogP) is 2.83. The van der Waals surface area contributed by atoms with Crippen LogP contribution in [-0.4, -0.2) is 23.6 Å². The summed E-state index contributed by atoms with van der Waals surface area (Å²) < 4.78 is 5.17. The normalized spacial score (nSPS) is 9.74. The molecular weight excluding hydrogens is 240 g/mol. The fraction of sp³-hybridized carbons (Fsp3) is 0.143. The van der Waals surface area contributed by atoms with E-state index in [4.69, 9.17) is 4.74 Å². The van der Waals surface area contributed by atoms with E-state index in [1.807, 2.05) is 24.3 Å². The molecule has 1 aromatic heterocycles. The Morgan fingerprint density at radius 2 is 2.26 bits per heavy atom. The van der Waals surface area contributed by atoms with Crippen molar-refractivity contribution in [1.29, 1.82) is 0 Å². The third-order valence-corrected chi connectivity index (χ3v) is 2.41. The molecule has 0 amide bonds. The first-order valence-electron chi connectivity index (χ1n) is 5.90. The lowest BCUT2D eigenvalue weighted by atomic mass is 10.3. The van der Waals surface area contributed by atoms with Crippen molar-refractivity contribution in [2.75, 3.05) is 24.3 Å². The molecule has 0 aliphatic heterocycles. The Bertz CT molecular complexity index is 557. The number of rotatable bonds is 6. The summed E-state index contributed by atoms with van der Waals surface area (Å²) in [7, 11) is 1.63. The molecule has 0 aliphatic carbocycles. The summed E-state index contributed by atoms with van der Waals surface area (Å²) in [6.07, 6.45) is 3.47. The lowest BCUT2D eigenvalue weighted by Crippen LogP contribution is -2.03. The van der Waals surface area contributed by atoms with E-state index >= 15 is 0 Å². The first kappa shape index (κ1) is 12.9. The topological polar surface area (TPSA) is 59.1 Å². The highest BCUT2D eigenvalue weighted by Crippen LogP contribution is 2.19. The molecule has 0 unspecified atom stereocenters. The lowest BCUT2D eigenvalue weighted by Gasteiger charge is -2.08. The molecular formula is C14H16N4O. The molecule has 0 fully saturated rings. The van der Waals surface area contributed by atoms with Crippen LogP contribution in [0.5, 0.6) is 5.75 Å². The van der Waals surface area contributed by atoms with Crippen LogP contribution in [-0.2, 0) is 0 Å². The van der Waals surface area contributed by atoms with Crippen molar-refractivity contribution in [1.82, 2.24) is 9.97 Å². The average molecular weight is 256 g/mol. The lowest BCUT2D eigenvalue weighted by molar-refractivity contribution is 0.415. The zero-order chi connectivity index (χ0) is 13.5. The van der Waals surface area contributed by atoms with Gasteiger partial charge in [0.15, 0.2) is 0 Å². The number of hydrogen-bond acceptors (Lipinski definition) is 5. The SMILES string of the molecule is C=CCNc1ccnc(Nc2cccc(OC)c2)n1. The molecule has 1 aromatic carbocycles. The molecule has 0 saturated carbocycles. The van der Waals surface area contributed by atoms with Crippen molar-refractivity contribution in [3.63, 3.8) is 0 Å². The average Bonchev–Trinajstić information content (AvgIpc) is 2.46. The van der Waals surface area contributed by atoms with Gasteiger partial charge in [-0.05, 0) is 18.2 Å². The second-order valence-electron chi connectivity index (χ2n) is 3.79. The van der Waals surface area contributed by atoms with E-state index in [0.29, 0.717) is 12.5 Å². The molecule has 0 spiro atoms. The summed E-state index contributed by atoms with van der Waals surface area (Å²) >= 11 is 0. The van der Waals surface area contributed by atoms with E-state index in [9.17, 15) is 0 Å². The standard InChI is InChI=1S/C14H16N4O/c1-3-8-15-13-7-9-16-14(18-13)17-11-5-4-6-12(10-11)19-2/h3-7,9-10H,1,8H2,2H3,(H2,15,16,17,18). The van der Waals surface area contributed by atoms with E-state index in [1.165, 1.54) is 0 Å². The molecule has 2 N–H and O–H groups in total. The predicted molar refractivity (Wildman–Crippen MR) is 77.0 cm³/mol. The van der Waals surface area contributed by atoms with Crippen molar-refractivity contribution in [3.05, 3.63) is 49.2 Å². The summed E-state index contributed by atoms with van der Waals surface area (Å²) in [5.41, 5.74) is 0.875. The van der Waals surface area contributed by atoms with Crippen LogP contribution >= 0.6 is 0 Å². The van der Waals surface area contributed by atoms with Crippen LogP contribution in [0.3, 0.4) is 0 Å². The van der Waals surface area contributed by atoms with Crippen LogP contribution in [0.15, 0.2) is 49.2 Å². The number of anilines is 3. The number of nitrogens with zero attached hydrogens (tertiary/aromatic N) is 2. The van der Waals surface area contributed by atoms with Gasteiger partial charge in [-0.15, -0.1) is 6.58 Å². The highest BCUT2D eigenvalue weighted by atomic mass is 16.5. The van der Waals surface area contributed by atoms with Gasteiger partial charge in [-0.1, -0.05) is 12.1 Å². The summed E-state index contributed by atoms with van der Waals surface area (Å²) in [5, 5.41) is 6.24. The maximum absolute atomic E-state index is 5.17. The molecule has 1 heterocycles. The van der Waals surface area contributed by atoms with Gasteiger partial charge in [-0.25, -0.2) is 4.98 Å². The molecule has 0 atom stereocenters. The van der Waals surface area contributed by atoms with Crippen molar-refractivity contribution in [2.24, 2.45) is 0 Å². The number of methoxy groups -OCH3 is 1. The van der Waals surface area contributed by atoms with Crippen LogP contribution in [0, 0.1) is 0 Å². The summed E-state index contributed by atoms with van der Waals surface area (Å²) in [6, 6.07) is 9.40. The second-order valence-corrected chi connectivity index (χ2v) is 3.79. The Balaban J connectivity index is 2.11. The number of aromatic nitrogens is 2. The van der Waals surface area contributed by atoms with Crippen LogP contribution in [0.1, 0.15) is 0 Å². The maximum atomic E-state index is 5.17. The van der Waals surface area contributed by atoms with Gasteiger partial charge in [0, 0.05) is 24.5 Å². The molecule has 2 rings (SSSR count). The van der Waals surface area contributed by atoms with Gasteiger partial charge in [0.2, 0.25) is 5.95 Å². The molecule has 5 heteroatoms. The Morgan fingerprint density at radius 1 is 1.37 bits per heavy atom. The molecule has 0 aliphatic rings. The molecule has 0 bridgehead atoms. The van der Waals surface area contributed by atoms with Crippen LogP contribution in [0.4, 0.5) is 17.5 Å². The van der Waals surface area contributed by atoms with Gasteiger partial charge in [-0.2, -0.15) is 4.98 Å². The maximum Gasteiger partial charge on any atom is 0.229 e. The summed E-state index contributed by atoms with van der Waals surface area (Å²) in [6.45, 7) is 4.31. The Labute approximate surface area is 112 Å². The van der Waals surface area contributed by atoms with Gasteiger partial charge in [0.05, 0.1) is 7.11 Å². The van der Waals surface area contributed by atoms with Crippen molar-refractivity contribution in [3.8, 4) is 5.75 Å². The molecule has 2 aromatic rings.